The first-order valence-electron chi connectivity index (χ1n) is 8.80. The molecule has 0 heterocycles. The van der Waals surface area contributed by atoms with Crippen LogP contribution in [0.2, 0.25) is 0 Å². The number of Topliss-reactive ketones (excluding diaryl/α,β-unsaturated/α-hetero) is 1. The highest BCUT2D eigenvalue weighted by Gasteiger charge is 2.26. The number of sulfone groups is 1. The lowest BCUT2D eigenvalue weighted by molar-refractivity contribution is 0.104. The van der Waals surface area contributed by atoms with Crippen molar-refractivity contribution in [2.75, 3.05) is 0 Å². The number of hydrogen-bond donors (Lipinski definition) is 0. The number of carbonyl (C=O) groups is 1. The van der Waals surface area contributed by atoms with E-state index in [1.165, 1.54) is 6.08 Å². The van der Waals surface area contributed by atoms with Crippen LogP contribution in [-0.2, 0) is 15.6 Å². The summed E-state index contributed by atoms with van der Waals surface area (Å²) in [5.41, 5.74) is 2.69. The first kappa shape index (κ1) is 22.2. The monoisotopic (exact) mass is 628 g/mol. The zero-order valence-electron chi connectivity index (χ0n) is 15.6. The maximum absolute atomic E-state index is 13.2. The average Bonchev–Trinajstić information content (AvgIpc) is 2.69. The Bertz CT molecular complexity index is 1150. The number of rotatable bonds is 6. The van der Waals surface area contributed by atoms with E-state index < -0.39 is 15.6 Å². The van der Waals surface area contributed by atoms with E-state index >= 15 is 0 Å². The predicted molar refractivity (Wildman–Crippen MR) is 134 cm³/mol. The van der Waals surface area contributed by atoms with Crippen LogP contribution in [-0.4, -0.2) is 14.2 Å². The van der Waals surface area contributed by atoms with Gasteiger partial charge in [-0.3, -0.25) is 4.79 Å². The Balaban J connectivity index is 2.05. The highest BCUT2D eigenvalue weighted by molar-refractivity contribution is 14.1. The van der Waals surface area contributed by atoms with Gasteiger partial charge in [0.15, 0.2) is 9.84 Å². The number of ketones is 1. The zero-order chi connectivity index (χ0) is 21.0. The minimum Gasteiger partial charge on any atom is -0.288 e. The largest absolute Gasteiger partial charge is 0.288 e. The van der Waals surface area contributed by atoms with Crippen LogP contribution in [0.1, 0.15) is 27.0 Å². The standard InChI is InChI=1S/C23H18I2O3S/c1-16-2-8-19(9-3-16)23(26)22(14-17-4-10-20(24)11-5-17)29(27,28)15-18-6-12-21(25)13-7-18/h2-14H,15H2,1H3/b22-14+. The van der Waals surface area contributed by atoms with Crippen molar-refractivity contribution in [2.24, 2.45) is 0 Å². The summed E-state index contributed by atoms with van der Waals surface area (Å²) in [6, 6.07) is 21.6. The lowest BCUT2D eigenvalue weighted by atomic mass is 10.1. The third-order valence-electron chi connectivity index (χ3n) is 4.31. The van der Waals surface area contributed by atoms with Crippen molar-refractivity contribution < 1.29 is 13.2 Å². The van der Waals surface area contributed by atoms with Gasteiger partial charge in [-0.15, -0.1) is 0 Å². The van der Waals surface area contributed by atoms with Crippen molar-refractivity contribution in [2.45, 2.75) is 12.7 Å². The van der Waals surface area contributed by atoms with Gasteiger partial charge in [-0.1, -0.05) is 54.1 Å². The smallest absolute Gasteiger partial charge is 0.204 e. The van der Waals surface area contributed by atoms with Gasteiger partial charge in [-0.25, -0.2) is 8.42 Å². The van der Waals surface area contributed by atoms with Gasteiger partial charge in [-0.2, -0.15) is 0 Å². The molecule has 0 N–H and O–H groups in total. The van der Waals surface area contributed by atoms with Crippen LogP contribution < -0.4 is 0 Å². The molecule has 148 valence electrons. The van der Waals surface area contributed by atoms with Crippen molar-refractivity contribution in [1.29, 1.82) is 0 Å². The number of hydrogen-bond acceptors (Lipinski definition) is 3. The van der Waals surface area contributed by atoms with E-state index in [2.05, 4.69) is 45.2 Å². The first-order chi connectivity index (χ1) is 13.7. The summed E-state index contributed by atoms with van der Waals surface area (Å²) in [6.07, 6.45) is 1.47. The summed E-state index contributed by atoms with van der Waals surface area (Å²) in [7, 11) is -3.85. The molecule has 3 aromatic carbocycles. The molecule has 6 heteroatoms. The molecule has 0 aliphatic carbocycles. The van der Waals surface area contributed by atoms with Crippen LogP contribution in [0.3, 0.4) is 0 Å². The molecule has 0 aliphatic heterocycles. The summed E-state index contributed by atoms with van der Waals surface area (Å²) in [6.45, 7) is 1.92. The molecule has 3 aromatic rings. The molecule has 3 rings (SSSR count). The molecule has 0 spiro atoms. The van der Waals surface area contributed by atoms with Gasteiger partial charge in [-0.05, 0) is 93.6 Å². The summed E-state index contributed by atoms with van der Waals surface area (Å²) in [4.78, 5) is 13.0. The van der Waals surface area contributed by atoms with Crippen molar-refractivity contribution in [3.8, 4) is 0 Å². The van der Waals surface area contributed by atoms with Crippen LogP contribution in [0.5, 0.6) is 0 Å². The van der Waals surface area contributed by atoms with Crippen LogP contribution in [0.4, 0.5) is 0 Å². The minimum atomic E-state index is -3.85. The van der Waals surface area contributed by atoms with Crippen molar-refractivity contribution in [3.63, 3.8) is 0 Å². The summed E-state index contributed by atoms with van der Waals surface area (Å²) in [5.74, 6) is -0.716. The lowest BCUT2D eigenvalue weighted by Crippen LogP contribution is -2.16. The average molecular weight is 628 g/mol. The van der Waals surface area contributed by atoms with Gasteiger partial charge in [0.1, 0.15) is 4.91 Å². The molecule has 0 saturated heterocycles. The fraction of sp³-hybridized carbons (Fsp3) is 0.0870. The summed E-state index contributed by atoms with van der Waals surface area (Å²) < 4.78 is 28.5. The fourth-order valence-electron chi connectivity index (χ4n) is 2.73. The number of halogens is 2. The molecule has 0 amide bonds. The quantitative estimate of drug-likeness (QED) is 0.190. The van der Waals surface area contributed by atoms with Crippen LogP contribution in [0, 0.1) is 14.1 Å². The molecule has 0 aliphatic rings. The molecule has 0 aromatic heterocycles. The Labute approximate surface area is 198 Å². The highest BCUT2D eigenvalue weighted by Crippen LogP contribution is 2.23. The molecule has 3 nitrogen and oxygen atoms in total. The number of benzene rings is 3. The number of aryl methyl sites for hydroxylation is 1. The molecule has 0 radical (unpaired) electrons. The Morgan fingerprint density at radius 3 is 1.90 bits per heavy atom. The molecular formula is C23H18I2O3S. The zero-order valence-corrected chi connectivity index (χ0v) is 20.7. The van der Waals surface area contributed by atoms with Gasteiger partial charge in [0.05, 0.1) is 5.75 Å². The van der Waals surface area contributed by atoms with E-state index in [1.807, 2.05) is 55.5 Å². The van der Waals surface area contributed by atoms with Crippen molar-refractivity contribution in [3.05, 3.63) is 107 Å². The van der Waals surface area contributed by atoms with E-state index in [9.17, 15) is 13.2 Å². The normalized spacial score (nSPS) is 12.0. The molecule has 0 atom stereocenters. The predicted octanol–water partition coefficient (Wildman–Crippen LogP) is 6.04. The second-order valence-electron chi connectivity index (χ2n) is 6.64. The SMILES string of the molecule is Cc1ccc(C(=O)/C(=C\c2ccc(I)cc2)S(=O)(=O)Cc2ccc(I)cc2)cc1. The van der Waals surface area contributed by atoms with Crippen LogP contribution >= 0.6 is 45.2 Å². The van der Waals surface area contributed by atoms with E-state index in [-0.39, 0.29) is 10.7 Å². The Kier molecular flexibility index (Phi) is 7.28. The van der Waals surface area contributed by atoms with Gasteiger partial charge >= 0.3 is 0 Å². The topological polar surface area (TPSA) is 51.2 Å². The second-order valence-corrected chi connectivity index (χ2v) is 11.1. The maximum Gasteiger partial charge on any atom is 0.204 e. The summed E-state index contributed by atoms with van der Waals surface area (Å²) >= 11 is 4.35. The first-order valence-corrected chi connectivity index (χ1v) is 12.6. The van der Waals surface area contributed by atoms with Crippen LogP contribution in [0.15, 0.2) is 77.7 Å². The fourth-order valence-corrected chi connectivity index (χ4v) is 4.95. The third kappa shape index (κ3) is 5.99. The van der Waals surface area contributed by atoms with E-state index in [4.69, 9.17) is 0 Å². The van der Waals surface area contributed by atoms with Gasteiger partial charge in [0, 0.05) is 12.7 Å². The van der Waals surface area contributed by atoms with Gasteiger partial charge in [0.2, 0.25) is 5.78 Å². The molecule has 0 fully saturated rings. The molecular weight excluding hydrogens is 610 g/mol. The van der Waals surface area contributed by atoms with E-state index in [1.54, 1.807) is 24.3 Å². The third-order valence-corrected chi connectivity index (χ3v) is 7.44. The maximum atomic E-state index is 13.2. The van der Waals surface area contributed by atoms with Gasteiger partial charge < -0.3 is 0 Å². The summed E-state index contributed by atoms with van der Waals surface area (Å²) in [5, 5.41) is 0. The van der Waals surface area contributed by atoms with Crippen LogP contribution in [0.25, 0.3) is 6.08 Å². The second kappa shape index (κ2) is 9.53. The molecule has 29 heavy (non-hydrogen) atoms. The van der Waals surface area contributed by atoms with Crippen molar-refractivity contribution >= 4 is 66.9 Å². The molecule has 0 saturated carbocycles. The molecule has 0 bridgehead atoms. The molecule has 0 unspecified atom stereocenters. The van der Waals surface area contributed by atoms with Gasteiger partial charge in [0.25, 0.3) is 0 Å². The number of carbonyl (C=O) groups excluding carboxylic acids is 1. The lowest BCUT2D eigenvalue weighted by Gasteiger charge is -2.10. The number of allylic oxidation sites excluding steroid dienone is 1. The van der Waals surface area contributed by atoms with Crippen molar-refractivity contribution in [1.82, 2.24) is 0 Å². The minimum absolute atomic E-state index is 0.193. The Morgan fingerprint density at radius 1 is 0.828 bits per heavy atom. The highest BCUT2D eigenvalue weighted by atomic mass is 127. The van der Waals surface area contributed by atoms with E-state index in [0.717, 1.165) is 12.7 Å². The Hall–Kier alpha value is -1.52. The van der Waals surface area contributed by atoms with E-state index in [0.29, 0.717) is 16.7 Å². The Morgan fingerprint density at radius 2 is 1.34 bits per heavy atom.